The molecule has 0 atom stereocenters. The molecule has 0 radical (unpaired) electrons. The van der Waals surface area contributed by atoms with E-state index in [0.717, 1.165) is 0 Å². The summed E-state index contributed by atoms with van der Waals surface area (Å²) in [5.41, 5.74) is -0.186. The molecule has 1 N–H and O–H groups in total. The first-order valence-corrected chi connectivity index (χ1v) is 5.89. The highest BCUT2D eigenvalue weighted by atomic mass is 16.6. The molecule has 2 heterocycles. The Balaban J connectivity index is 2.34. The number of amides is 1. The fourth-order valence-electron chi connectivity index (χ4n) is 2.04. The van der Waals surface area contributed by atoms with Crippen LogP contribution in [0.25, 0.3) is 0 Å². The Hall–Kier alpha value is -2.38. The lowest BCUT2D eigenvalue weighted by Crippen LogP contribution is -2.46. The Morgan fingerprint density at radius 3 is 3.00 bits per heavy atom. The molecule has 0 spiro atoms. The lowest BCUT2D eigenvalue weighted by atomic mass is 10.1. The Morgan fingerprint density at radius 2 is 2.37 bits per heavy atom. The van der Waals surface area contributed by atoms with E-state index in [1.807, 2.05) is 0 Å². The number of nitro groups is 1. The predicted molar refractivity (Wildman–Crippen MR) is 62.8 cm³/mol. The zero-order valence-corrected chi connectivity index (χ0v) is 10.3. The van der Waals surface area contributed by atoms with Gasteiger partial charge in [0.1, 0.15) is 5.57 Å². The minimum absolute atomic E-state index is 0.0428. The number of esters is 1. The number of nitrogens with zero attached hydrogens (tertiary/aromatic N) is 2. The number of hydrogen-bond acceptors (Lipinski definition) is 6. The molecule has 0 saturated carbocycles. The van der Waals surface area contributed by atoms with E-state index >= 15 is 0 Å². The number of hydrogen-bond donors (Lipinski definition) is 1. The molecule has 8 nitrogen and oxygen atoms in total. The van der Waals surface area contributed by atoms with Crippen molar-refractivity contribution in [3.8, 4) is 0 Å². The van der Waals surface area contributed by atoms with E-state index in [4.69, 9.17) is 4.74 Å². The largest absolute Gasteiger partial charge is 0.462 e. The normalized spacial score (nSPS) is 18.5. The van der Waals surface area contributed by atoms with Gasteiger partial charge in [-0.15, -0.1) is 0 Å². The zero-order valence-electron chi connectivity index (χ0n) is 10.3. The third-order valence-corrected chi connectivity index (χ3v) is 2.88. The van der Waals surface area contributed by atoms with Gasteiger partial charge in [-0.1, -0.05) is 0 Å². The number of carbonyl (C=O) groups excluding carboxylic acids is 2. The van der Waals surface area contributed by atoms with E-state index < -0.39 is 16.8 Å². The van der Waals surface area contributed by atoms with Gasteiger partial charge in [-0.25, -0.2) is 4.79 Å². The second kappa shape index (κ2) is 5.09. The van der Waals surface area contributed by atoms with Crippen molar-refractivity contribution in [3.63, 3.8) is 0 Å². The van der Waals surface area contributed by atoms with Gasteiger partial charge in [-0.2, -0.15) is 0 Å². The van der Waals surface area contributed by atoms with Crippen LogP contribution >= 0.6 is 0 Å². The average molecular weight is 267 g/mol. The first-order valence-electron chi connectivity index (χ1n) is 5.89. The number of rotatable bonds is 3. The van der Waals surface area contributed by atoms with Crippen LogP contribution < -0.4 is 5.32 Å². The molecule has 0 aliphatic carbocycles. The summed E-state index contributed by atoms with van der Waals surface area (Å²) in [5, 5.41) is 13.5. The van der Waals surface area contributed by atoms with Crippen LogP contribution in [0.5, 0.6) is 0 Å². The van der Waals surface area contributed by atoms with Crippen molar-refractivity contribution < 1.29 is 19.2 Å². The van der Waals surface area contributed by atoms with Gasteiger partial charge in [0, 0.05) is 19.2 Å². The summed E-state index contributed by atoms with van der Waals surface area (Å²) in [5.74, 6) is -1.15. The van der Waals surface area contributed by atoms with Gasteiger partial charge < -0.3 is 10.1 Å². The maximum Gasteiger partial charge on any atom is 0.345 e. The predicted octanol–water partition coefficient (Wildman–Crippen LogP) is 0.105. The second-order valence-corrected chi connectivity index (χ2v) is 4.04. The molecule has 0 aromatic heterocycles. The molecule has 0 saturated heterocycles. The summed E-state index contributed by atoms with van der Waals surface area (Å²) in [6.07, 6.45) is 1.95. The average Bonchev–Trinajstić information content (AvgIpc) is 2.38. The van der Waals surface area contributed by atoms with Gasteiger partial charge in [-0.3, -0.25) is 19.8 Å². The van der Waals surface area contributed by atoms with Crippen LogP contribution in [0.4, 0.5) is 0 Å². The summed E-state index contributed by atoms with van der Waals surface area (Å²) in [4.78, 5) is 35.3. The highest BCUT2D eigenvalue weighted by molar-refractivity contribution is 6.17. The van der Waals surface area contributed by atoms with E-state index in [2.05, 4.69) is 5.32 Å². The van der Waals surface area contributed by atoms with Gasteiger partial charge in [0.05, 0.1) is 11.5 Å². The highest BCUT2D eigenvalue weighted by Crippen LogP contribution is 2.25. The molecule has 1 amide bonds. The molecule has 8 heteroatoms. The van der Waals surface area contributed by atoms with E-state index in [-0.39, 0.29) is 23.7 Å². The minimum Gasteiger partial charge on any atom is -0.462 e. The number of carbonyl (C=O) groups is 2. The first kappa shape index (κ1) is 13.1. The molecule has 2 aliphatic heterocycles. The van der Waals surface area contributed by atoms with Crippen LogP contribution in [-0.4, -0.2) is 34.9 Å². The zero-order chi connectivity index (χ0) is 14.0. The Morgan fingerprint density at radius 1 is 1.63 bits per heavy atom. The van der Waals surface area contributed by atoms with Crippen molar-refractivity contribution >= 4 is 11.9 Å². The fourth-order valence-corrected chi connectivity index (χ4v) is 2.04. The smallest absolute Gasteiger partial charge is 0.345 e. The Kier molecular flexibility index (Phi) is 3.50. The summed E-state index contributed by atoms with van der Waals surface area (Å²) in [6, 6.07) is 0. The summed E-state index contributed by atoms with van der Waals surface area (Å²) < 4.78 is 4.76. The van der Waals surface area contributed by atoms with E-state index in [1.165, 1.54) is 11.1 Å². The monoisotopic (exact) mass is 267 g/mol. The maximum atomic E-state index is 12.1. The van der Waals surface area contributed by atoms with Crippen molar-refractivity contribution in [2.24, 2.45) is 0 Å². The lowest BCUT2D eigenvalue weighted by molar-refractivity contribution is -0.431. The molecular formula is C11H13N3O5. The number of fused-ring (bicyclic) bond motifs is 1. The highest BCUT2D eigenvalue weighted by Gasteiger charge is 2.37. The topological polar surface area (TPSA) is 102 Å². The molecule has 2 aliphatic rings. The standard InChI is InChI=1S/C11H13N3O5/c1-2-19-11(16)7-6-12-9-8(14(17)18)4-3-5-13(9)10(7)15/h6,12H,2-5H2,1H3. The van der Waals surface area contributed by atoms with E-state index in [0.29, 0.717) is 19.4 Å². The van der Waals surface area contributed by atoms with Crippen molar-refractivity contribution in [1.29, 1.82) is 0 Å². The molecule has 0 bridgehead atoms. The lowest BCUT2D eigenvalue weighted by Gasteiger charge is -2.31. The molecule has 0 aromatic carbocycles. The molecule has 2 rings (SSSR count). The van der Waals surface area contributed by atoms with Crippen molar-refractivity contribution in [1.82, 2.24) is 10.2 Å². The summed E-state index contributed by atoms with van der Waals surface area (Å²) >= 11 is 0. The number of nitrogens with one attached hydrogen (secondary N) is 1. The van der Waals surface area contributed by atoms with Crippen molar-refractivity contribution in [2.75, 3.05) is 13.2 Å². The molecule has 0 fully saturated rings. The van der Waals surface area contributed by atoms with Crippen LogP contribution in [0.2, 0.25) is 0 Å². The third kappa shape index (κ3) is 2.28. The molecule has 0 aromatic rings. The summed E-state index contributed by atoms with van der Waals surface area (Å²) in [6.45, 7) is 2.14. The molecule has 102 valence electrons. The number of ether oxygens (including phenoxy) is 1. The Bertz CT molecular complexity index is 508. The van der Waals surface area contributed by atoms with Gasteiger partial charge >= 0.3 is 5.97 Å². The number of allylic oxidation sites excluding steroid dienone is 1. The maximum absolute atomic E-state index is 12.1. The first-order chi connectivity index (χ1) is 9.06. The fraction of sp³-hybridized carbons (Fsp3) is 0.455. The quantitative estimate of drug-likeness (QED) is 0.337. The van der Waals surface area contributed by atoms with E-state index in [1.54, 1.807) is 6.92 Å². The molecule has 19 heavy (non-hydrogen) atoms. The van der Waals surface area contributed by atoms with E-state index in [9.17, 15) is 19.7 Å². The molecular weight excluding hydrogens is 254 g/mol. The SMILES string of the molecule is CCOC(=O)C1=CNC2=C([N+](=O)[O-])CCCN2C1=O. The van der Waals surface area contributed by atoms with Crippen LogP contribution in [0.3, 0.4) is 0 Å². The van der Waals surface area contributed by atoms with Crippen LogP contribution in [0, 0.1) is 10.1 Å². The van der Waals surface area contributed by atoms with Gasteiger partial charge in [-0.05, 0) is 13.3 Å². The Labute approximate surface area is 108 Å². The minimum atomic E-state index is -0.729. The van der Waals surface area contributed by atoms with Crippen LogP contribution in [0.15, 0.2) is 23.3 Å². The van der Waals surface area contributed by atoms with Crippen molar-refractivity contribution in [2.45, 2.75) is 19.8 Å². The molecule has 0 unspecified atom stereocenters. The summed E-state index contributed by atoms with van der Waals surface area (Å²) in [7, 11) is 0. The van der Waals surface area contributed by atoms with Crippen LogP contribution in [-0.2, 0) is 14.3 Å². The van der Waals surface area contributed by atoms with Gasteiger partial charge in [0.15, 0.2) is 5.82 Å². The van der Waals surface area contributed by atoms with Crippen LogP contribution in [0.1, 0.15) is 19.8 Å². The third-order valence-electron chi connectivity index (χ3n) is 2.88. The van der Waals surface area contributed by atoms with Gasteiger partial charge in [0.2, 0.25) is 0 Å². The van der Waals surface area contributed by atoms with Gasteiger partial charge in [0.25, 0.3) is 11.6 Å². The second-order valence-electron chi connectivity index (χ2n) is 4.04. The van der Waals surface area contributed by atoms with Crippen molar-refractivity contribution in [3.05, 3.63) is 33.4 Å².